The number of aromatic nitrogens is 4. The molecule has 0 bridgehead atoms. The van der Waals surface area contributed by atoms with Gasteiger partial charge in [0.15, 0.2) is 0 Å². The molecule has 180 valence electrons. The summed E-state index contributed by atoms with van der Waals surface area (Å²) in [5, 5.41) is 16.2. The Morgan fingerprint density at radius 3 is 2.65 bits per heavy atom. The Kier molecular flexibility index (Phi) is 6.17. The van der Waals surface area contributed by atoms with Gasteiger partial charge in [-0.1, -0.05) is 6.58 Å². The Hall–Kier alpha value is -3.67. The molecule has 1 fully saturated rings. The summed E-state index contributed by atoms with van der Waals surface area (Å²) in [4.78, 5) is 25.9. The van der Waals surface area contributed by atoms with Gasteiger partial charge in [0.1, 0.15) is 0 Å². The number of piperidine rings is 1. The lowest BCUT2D eigenvalue weighted by atomic mass is 10.0. The number of carbonyl (C=O) groups is 1. The fraction of sp³-hybridized carbons (Fsp3) is 0.364. The van der Waals surface area contributed by atoms with Gasteiger partial charge in [-0.2, -0.15) is 13.2 Å². The summed E-state index contributed by atoms with van der Waals surface area (Å²) in [5.41, 5.74) is 2.11. The first-order chi connectivity index (χ1) is 16.1. The average Bonchev–Trinajstić information content (AvgIpc) is 3.10. The molecule has 3 N–H and O–H groups in total. The van der Waals surface area contributed by atoms with Crippen LogP contribution in [0.4, 0.5) is 30.8 Å². The first-order valence-corrected chi connectivity index (χ1v) is 10.6. The molecule has 1 saturated heterocycles. The van der Waals surface area contributed by atoms with E-state index in [1.807, 2.05) is 29.5 Å². The van der Waals surface area contributed by atoms with Gasteiger partial charge >= 0.3 is 6.18 Å². The smallest absolute Gasteiger partial charge is 0.391 e. The van der Waals surface area contributed by atoms with E-state index in [9.17, 15) is 23.1 Å². The molecular weight excluding hydrogens is 451 g/mol. The summed E-state index contributed by atoms with van der Waals surface area (Å²) in [6.07, 6.45) is -2.23. The molecule has 0 aliphatic carbocycles. The predicted octanol–water partition coefficient (Wildman–Crippen LogP) is 2.87. The van der Waals surface area contributed by atoms with E-state index in [-0.39, 0.29) is 11.9 Å². The lowest BCUT2D eigenvalue weighted by Gasteiger charge is -2.37. The topological polar surface area (TPSA) is 108 Å². The van der Waals surface area contributed by atoms with Gasteiger partial charge in [0.05, 0.1) is 28.7 Å². The summed E-state index contributed by atoms with van der Waals surface area (Å²) in [6, 6.07) is 3.20. The van der Waals surface area contributed by atoms with Crippen molar-refractivity contribution >= 4 is 34.5 Å². The minimum Gasteiger partial charge on any atom is -0.391 e. The number of hydrogen-bond acceptors (Lipinski definition) is 7. The van der Waals surface area contributed by atoms with Crippen molar-refractivity contribution < 1.29 is 23.1 Å². The zero-order valence-electron chi connectivity index (χ0n) is 18.6. The normalized spacial score (nSPS) is 18.7. The molecule has 1 aliphatic heterocycles. The van der Waals surface area contributed by atoms with Crippen LogP contribution < -0.4 is 15.5 Å². The molecule has 1 aromatic carbocycles. The molecule has 0 saturated carbocycles. The third-order valence-electron chi connectivity index (χ3n) is 5.80. The van der Waals surface area contributed by atoms with Crippen molar-refractivity contribution in [3.05, 3.63) is 48.3 Å². The summed E-state index contributed by atoms with van der Waals surface area (Å²) in [5.74, 6) is 0.346. The van der Waals surface area contributed by atoms with Crippen LogP contribution in [-0.2, 0) is 18.0 Å². The van der Waals surface area contributed by atoms with Crippen LogP contribution in [0.25, 0.3) is 11.0 Å². The molecule has 1 aliphatic rings. The van der Waals surface area contributed by atoms with E-state index in [1.165, 1.54) is 6.08 Å². The first-order valence-electron chi connectivity index (χ1n) is 10.6. The minimum atomic E-state index is -4.52. The molecule has 4 rings (SSSR count). The van der Waals surface area contributed by atoms with Gasteiger partial charge in [-0.15, -0.1) is 0 Å². The van der Waals surface area contributed by atoms with E-state index >= 15 is 0 Å². The highest BCUT2D eigenvalue weighted by molar-refractivity contribution is 6.00. The largest absolute Gasteiger partial charge is 0.419 e. The number of aliphatic hydroxyl groups is 1. The van der Waals surface area contributed by atoms with Gasteiger partial charge in [-0.3, -0.25) is 4.79 Å². The molecule has 1 amide bonds. The Bertz CT molecular complexity index is 1220. The maximum Gasteiger partial charge on any atom is 0.419 e. The standard InChI is InChI=1S/C22H24F3N7O2/c1-4-19(34)28-14-8-15-17(7-12(14)2)31(3)21(30-15)32-6-5-18(33)16(11-32)29-20-26-9-13(10-27-20)22(23,24)25/h4,7-10,16,18,33H,1,5-6,11H2,2-3H3,(H,28,34)(H,26,27,29)/t16-,18+/m0/s1. The molecule has 34 heavy (non-hydrogen) atoms. The fourth-order valence-corrected chi connectivity index (χ4v) is 3.91. The van der Waals surface area contributed by atoms with Crippen molar-refractivity contribution in [3.8, 4) is 0 Å². The number of nitrogens with one attached hydrogen (secondary N) is 2. The molecule has 12 heteroatoms. The van der Waals surface area contributed by atoms with Crippen LogP contribution in [0.2, 0.25) is 0 Å². The Morgan fingerprint density at radius 1 is 1.29 bits per heavy atom. The predicted molar refractivity (Wildman–Crippen MR) is 122 cm³/mol. The number of rotatable bonds is 5. The highest BCUT2D eigenvalue weighted by Gasteiger charge is 2.33. The van der Waals surface area contributed by atoms with E-state index in [4.69, 9.17) is 4.98 Å². The van der Waals surface area contributed by atoms with Crippen LogP contribution in [-0.4, -0.2) is 55.8 Å². The zero-order valence-corrected chi connectivity index (χ0v) is 18.6. The second kappa shape index (κ2) is 8.93. The third kappa shape index (κ3) is 4.67. The maximum atomic E-state index is 12.8. The first kappa shape index (κ1) is 23.5. The van der Waals surface area contributed by atoms with Crippen molar-refractivity contribution in [2.24, 2.45) is 7.05 Å². The van der Waals surface area contributed by atoms with Gasteiger partial charge < -0.3 is 25.2 Å². The van der Waals surface area contributed by atoms with Crippen LogP contribution in [0.5, 0.6) is 0 Å². The number of hydrogen-bond donors (Lipinski definition) is 3. The molecule has 0 radical (unpaired) electrons. The minimum absolute atomic E-state index is 0.00197. The number of anilines is 3. The van der Waals surface area contributed by atoms with Crippen molar-refractivity contribution in [1.82, 2.24) is 19.5 Å². The number of benzene rings is 1. The number of halogens is 3. The van der Waals surface area contributed by atoms with E-state index < -0.39 is 23.9 Å². The quantitative estimate of drug-likeness (QED) is 0.487. The Balaban J connectivity index is 1.56. The molecule has 3 heterocycles. The zero-order chi connectivity index (χ0) is 24.6. The fourth-order valence-electron chi connectivity index (χ4n) is 3.91. The molecule has 3 aromatic rings. The number of aryl methyl sites for hydroxylation is 2. The number of carbonyl (C=O) groups excluding carboxylic acids is 1. The van der Waals surface area contributed by atoms with Crippen LogP contribution in [0.1, 0.15) is 17.5 Å². The van der Waals surface area contributed by atoms with Crippen molar-refractivity contribution in [2.45, 2.75) is 31.7 Å². The second-order valence-corrected chi connectivity index (χ2v) is 8.17. The van der Waals surface area contributed by atoms with Crippen LogP contribution in [0.15, 0.2) is 37.2 Å². The number of nitrogens with zero attached hydrogens (tertiary/aromatic N) is 5. The molecule has 9 nitrogen and oxygen atoms in total. The molecule has 0 unspecified atom stereocenters. The Labute approximate surface area is 193 Å². The van der Waals surface area contributed by atoms with Crippen molar-refractivity contribution in [1.29, 1.82) is 0 Å². The summed E-state index contributed by atoms with van der Waals surface area (Å²) in [6.45, 7) is 6.21. The molecule has 2 aromatic heterocycles. The number of amides is 1. The molecule has 2 atom stereocenters. The average molecular weight is 475 g/mol. The third-order valence-corrected chi connectivity index (χ3v) is 5.80. The second-order valence-electron chi connectivity index (χ2n) is 8.17. The van der Waals surface area contributed by atoms with Crippen LogP contribution in [0, 0.1) is 6.92 Å². The number of fused-ring (bicyclic) bond motifs is 1. The molecule has 0 spiro atoms. The summed E-state index contributed by atoms with van der Waals surface area (Å²) in [7, 11) is 1.87. The monoisotopic (exact) mass is 475 g/mol. The maximum absolute atomic E-state index is 12.8. The van der Waals surface area contributed by atoms with Gasteiger partial charge in [-0.05, 0) is 37.1 Å². The van der Waals surface area contributed by atoms with Gasteiger partial charge in [0, 0.05) is 38.2 Å². The summed E-state index contributed by atoms with van der Waals surface area (Å²) >= 11 is 0. The van der Waals surface area contributed by atoms with E-state index in [0.717, 1.165) is 11.1 Å². The van der Waals surface area contributed by atoms with Crippen molar-refractivity contribution in [3.63, 3.8) is 0 Å². The van der Waals surface area contributed by atoms with Gasteiger partial charge in [-0.25, -0.2) is 15.0 Å². The lowest BCUT2D eigenvalue weighted by Crippen LogP contribution is -2.51. The Morgan fingerprint density at radius 2 is 2.00 bits per heavy atom. The summed E-state index contributed by atoms with van der Waals surface area (Å²) < 4.78 is 40.2. The number of imidazole rings is 1. The van der Waals surface area contributed by atoms with Crippen LogP contribution >= 0.6 is 0 Å². The highest BCUT2D eigenvalue weighted by atomic mass is 19.4. The van der Waals surface area contributed by atoms with E-state index in [1.54, 1.807) is 6.07 Å². The number of aliphatic hydroxyl groups excluding tert-OH is 1. The van der Waals surface area contributed by atoms with Gasteiger partial charge in [0.2, 0.25) is 17.8 Å². The van der Waals surface area contributed by atoms with Crippen molar-refractivity contribution in [2.75, 3.05) is 28.6 Å². The van der Waals surface area contributed by atoms with E-state index in [2.05, 4.69) is 27.2 Å². The molecular formula is C22H24F3N7O2. The number of alkyl halides is 3. The van der Waals surface area contributed by atoms with Crippen LogP contribution in [0.3, 0.4) is 0 Å². The van der Waals surface area contributed by atoms with Gasteiger partial charge in [0.25, 0.3) is 0 Å². The lowest BCUT2D eigenvalue weighted by molar-refractivity contribution is -0.138. The highest BCUT2D eigenvalue weighted by Crippen LogP contribution is 2.30. The van der Waals surface area contributed by atoms with E-state index in [0.29, 0.717) is 49.1 Å². The SMILES string of the molecule is C=CC(=O)Nc1cc2nc(N3CC[C@@H](O)[C@@H](Nc4ncc(C(F)(F)F)cn4)C3)n(C)c2cc1C.